The molecule has 0 spiro atoms. The van der Waals surface area contributed by atoms with Crippen molar-refractivity contribution in [2.45, 2.75) is 24.9 Å². The number of carbonyl (C=O) groups excluding carboxylic acids is 1. The van der Waals surface area contributed by atoms with Gasteiger partial charge in [-0.25, -0.2) is 4.98 Å². The third kappa shape index (κ3) is 2.03. The summed E-state index contributed by atoms with van der Waals surface area (Å²) < 4.78 is 2.87. The largest absolute Gasteiger partial charge is 0.348 e. The molecule has 2 aromatic heterocycles. The van der Waals surface area contributed by atoms with E-state index in [0.29, 0.717) is 23.7 Å². The van der Waals surface area contributed by atoms with Crippen molar-refractivity contribution in [3.63, 3.8) is 0 Å². The van der Waals surface area contributed by atoms with E-state index in [1.165, 1.54) is 6.42 Å². The van der Waals surface area contributed by atoms with E-state index in [0.717, 1.165) is 23.0 Å². The highest BCUT2D eigenvalue weighted by Crippen LogP contribution is 2.31. The summed E-state index contributed by atoms with van der Waals surface area (Å²) >= 11 is 3.42. The first-order valence-corrected chi connectivity index (χ1v) is 7.66. The molecule has 2 aliphatic rings. The van der Waals surface area contributed by atoms with Crippen LogP contribution < -0.4 is 10.6 Å². The van der Waals surface area contributed by atoms with Gasteiger partial charge in [-0.15, -0.1) is 0 Å². The predicted molar refractivity (Wildman–Crippen MR) is 78.7 cm³/mol. The SMILES string of the molecule is O=C(NC1CC2CC1CN2)c1cc2cc(Br)cn2cn1. The molecule has 1 amide bonds. The molecule has 2 fully saturated rings. The Balaban J connectivity index is 1.54. The molecule has 2 aromatic rings. The van der Waals surface area contributed by atoms with Gasteiger partial charge in [-0.1, -0.05) is 0 Å². The lowest BCUT2D eigenvalue weighted by atomic mass is 10.0. The summed E-state index contributed by atoms with van der Waals surface area (Å²) in [5.74, 6) is 0.512. The van der Waals surface area contributed by atoms with E-state index in [2.05, 4.69) is 31.5 Å². The zero-order chi connectivity index (χ0) is 13.7. The summed E-state index contributed by atoms with van der Waals surface area (Å²) in [6.07, 6.45) is 5.82. The topological polar surface area (TPSA) is 58.4 Å². The molecular weight excluding hydrogens is 320 g/mol. The van der Waals surface area contributed by atoms with Gasteiger partial charge in [0, 0.05) is 34.8 Å². The fourth-order valence-electron chi connectivity index (χ4n) is 3.36. The Morgan fingerprint density at radius 3 is 3.10 bits per heavy atom. The van der Waals surface area contributed by atoms with Crippen molar-refractivity contribution in [1.82, 2.24) is 20.0 Å². The van der Waals surface area contributed by atoms with Crippen LogP contribution in [0.4, 0.5) is 0 Å². The summed E-state index contributed by atoms with van der Waals surface area (Å²) in [7, 11) is 0. The van der Waals surface area contributed by atoms with Gasteiger partial charge in [0.25, 0.3) is 5.91 Å². The van der Waals surface area contributed by atoms with Gasteiger partial charge in [0.15, 0.2) is 0 Å². The van der Waals surface area contributed by atoms with Gasteiger partial charge in [-0.2, -0.15) is 0 Å². The first-order valence-electron chi connectivity index (χ1n) is 6.86. The van der Waals surface area contributed by atoms with E-state index >= 15 is 0 Å². The maximum atomic E-state index is 12.3. The summed E-state index contributed by atoms with van der Waals surface area (Å²) in [5.41, 5.74) is 1.45. The number of carbonyl (C=O) groups is 1. The van der Waals surface area contributed by atoms with Gasteiger partial charge in [0.1, 0.15) is 12.0 Å². The summed E-state index contributed by atoms with van der Waals surface area (Å²) in [6.45, 7) is 1.02. The highest BCUT2D eigenvalue weighted by atomic mass is 79.9. The quantitative estimate of drug-likeness (QED) is 0.876. The fraction of sp³-hybridized carbons (Fsp3) is 0.429. The smallest absolute Gasteiger partial charge is 0.270 e. The molecular formula is C14H15BrN4O. The second-order valence-corrected chi connectivity index (χ2v) is 6.60. The van der Waals surface area contributed by atoms with Crippen molar-refractivity contribution in [1.29, 1.82) is 0 Å². The fourth-order valence-corrected chi connectivity index (χ4v) is 3.81. The van der Waals surface area contributed by atoms with E-state index in [1.54, 1.807) is 6.33 Å². The van der Waals surface area contributed by atoms with Crippen LogP contribution in [0.15, 0.2) is 29.1 Å². The van der Waals surface area contributed by atoms with Crippen LogP contribution in [0.25, 0.3) is 5.52 Å². The third-order valence-electron chi connectivity index (χ3n) is 4.36. The molecule has 1 aliphatic heterocycles. The second-order valence-electron chi connectivity index (χ2n) is 5.68. The minimum absolute atomic E-state index is 0.0672. The summed E-state index contributed by atoms with van der Waals surface area (Å²) in [4.78, 5) is 16.6. The number of hydrogen-bond donors (Lipinski definition) is 2. The first kappa shape index (κ1) is 12.3. The molecule has 2 bridgehead atoms. The number of fused-ring (bicyclic) bond motifs is 3. The van der Waals surface area contributed by atoms with Crippen LogP contribution in [-0.4, -0.2) is 33.9 Å². The Labute approximate surface area is 124 Å². The van der Waals surface area contributed by atoms with E-state index in [1.807, 2.05) is 22.7 Å². The van der Waals surface area contributed by atoms with Crippen LogP contribution >= 0.6 is 15.9 Å². The first-order chi connectivity index (χ1) is 9.69. The van der Waals surface area contributed by atoms with Crippen molar-refractivity contribution in [3.8, 4) is 0 Å². The van der Waals surface area contributed by atoms with Gasteiger partial charge in [0.2, 0.25) is 0 Å². The van der Waals surface area contributed by atoms with Crippen LogP contribution in [0.1, 0.15) is 23.3 Å². The van der Waals surface area contributed by atoms with Crippen molar-refractivity contribution in [3.05, 3.63) is 34.8 Å². The third-order valence-corrected chi connectivity index (χ3v) is 4.80. The highest BCUT2D eigenvalue weighted by molar-refractivity contribution is 9.10. The number of nitrogens with zero attached hydrogens (tertiary/aromatic N) is 2. The number of rotatable bonds is 2. The zero-order valence-corrected chi connectivity index (χ0v) is 12.4. The van der Waals surface area contributed by atoms with E-state index in [9.17, 15) is 4.79 Å². The maximum Gasteiger partial charge on any atom is 0.270 e. The second kappa shape index (κ2) is 4.56. The van der Waals surface area contributed by atoms with Crippen LogP contribution in [-0.2, 0) is 0 Å². The molecule has 0 radical (unpaired) electrons. The molecule has 3 atom stereocenters. The molecule has 1 saturated carbocycles. The number of hydrogen-bond acceptors (Lipinski definition) is 3. The van der Waals surface area contributed by atoms with Crippen LogP contribution in [0.5, 0.6) is 0 Å². The average molecular weight is 335 g/mol. The molecule has 0 aromatic carbocycles. The molecule has 104 valence electrons. The lowest BCUT2D eigenvalue weighted by Gasteiger charge is -2.23. The van der Waals surface area contributed by atoms with Gasteiger partial charge in [-0.3, -0.25) is 4.79 Å². The van der Waals surface area contributed by atoms with Crippen LogP contribution in [0.2, 0.25) is 0 Å². The Bertz CT molecular complexity index is 683. The Morgan fingerprint density at radius 2 is 2.35 bits per heavy atom. The summed E-state index contributed by atoms with van der Waals surface area (Å²) in [5, 5.41) is 6.59. The average Bonchev–Trinajstić information content (AvgIpc) is 3.10. The number of aromatic nitrogens is 2. The van der Waals surface area contributed by atoms with Crippen molar-refractivity contribution in [2.75, 3.05) is 6.54 Å². The zero-order valence-electron chi connectivity index (χ0n) is 10.8. The minimum Gasteiger partial charge on any atom is -0.348 e. The number of piperidine rings is 1. The Hall–Kier alpha value is -1.40. The molecule has 20 heavy (non-hydrogen) atoms. The number of nitrogens with one attached hydrogen (secondary N) is 2. The predicted octanol–water partition coefficient (Wildman–Crippen LogP) is 1.58. The number of amides is 1. The highest BCUT2D eigenvalue weighted by Gasteiger charge is 2.40. The monoisotopic (exact) mass is 334 g/mol. The van der Waals surface area contributed by atoms with Crippen molar-refractivity contribution < 1.29 is 4.79 Å². The van der Waals surface area contributed by atoms with Gasteiger partial charge in [0.05, 0.1) is 0 Å². The molecule has 2 N–H and O–H groups in total. The van der Waals surface area contributed by atoms with Crippen LogP contribution in [0.3, 0.4) is 0 Å². The van der Waals surface area contributed by atoms with E-state index < -0.39 is 0 Å². The summed E-state index contributed by atoms with van der Waals surface area (Å²) in [6, 6.07) is 4.68. The van der Waals surface area contributed by atoms with Gasteiger partial charge >= 0.3 is 0 Å². The molecule has 1 saturated heterocycles. The van der Waals surface area contributed by atoms with E-state index in [4.69, 9.17) is 0 Å². The van der Waals surface area contributed by atoms with Crippen molar-refractivity contribution >= 4 is 27.4 Å². The Kier molecular flexibility index (Phi) is 2.82. The normalized spacial score (nSPS) is 28.1. The molecule has 4 rings (SSSR count). The molecule has 3 unspecified atom stereocenters. The lowest BCUT2D eigenvalue weighted by Crippen LogP contribution is -2.44. The van der Waals surface area contributed by atoms with E-state index in [-0.39, 0.29) is 5.91 Å². The molecule has 6 heteroatoms. The van der Waals surface area contributed by atoms with Crippen molar-refractivity contribution in [2.24, 2.45) is 5.92 Å². The van der Waals surface area contributed by atoms with Gasteiger partial charge < -0.3 is 15.0 Å². The minimum atomic E-state index is -0.0672. The van der Waals surface area contributed by atoms with Gasteiger partial charge in [-0.05, 0) is 46.8 Å². The number of halogens is 1. The standard InChI is InChI=1S/C14H15BrN4O/c15-9-2-11-4-13(17-7-19(11)6-9)14(20)18-12-3-10-1-8(12)5-16-10/h2,4,6-8,10,12,16H,1,3,5H2,(H,18,20). The molecule has 5 nitrogen and oxygen atoms in total. The lowest BCUT2D eigenvalue weighted by molar-refractivity contribution is 0.0920. The maximum absolute atomic E-state index is 12.3. The van der Waals surface area contributed by atoms with Crippen LogP contribution in [0, 0.1) is 5.92 Å². The molecule has 3 heterocycles. The molecule has 1 aliphatic carbocycles. The Morgan fingerprint density at radius 1 is 1.45 bits per heavy atom.